The van der Waals surface area contributed by atoms with E-state index in [1.54, 1.807) is 0 Å². The van der Waals surface area contributed by atoms with Crippen LogP contribution in [0.1, 0.15) is 0 Å². The van der Waals surface area contributed by atoms with Gasteiger partial charge in [0.15, 0.2) is 0 Å². The molecule has 2 heteroatoms. The molecule has 0 bridgehead atoms. The maximum Gasteiger partial charge on any atom is 0.0541 e. The number of hydrogen-bond donors (Lipinski definition) is 0. The third kappa shape index (κ3) is 6.24. The second-order valence-corrected chi connectivity index (χ2v) is 14.2. The second-order valence-electron chi connectivity index (χ2n) is 14.2. The summed E-state index contributed by atoms with van der Waals surface area (Å²) < 4.78 is 2.40. The standard InChI is InChI=1S/C54H38N2/c1-4-14-39(15-5-1)42-26-31-47(32-27-42)55(48-33-28-43(29-34-48)40-16-6-2-7-17-40)49-22-12-20-44(36-49)45-21-13-23-50(37-45)56-53-25-11-10-24-51(53)52-38-46(30-35-54(52)56)41-18-8-3-9-19-41/h1-38H. The van der Waals surface area contributed by atoms with Crippen molar-refractivity contribution in [3.05, 3.63) is 231 Å². The van der Waals surface area contributed by atoms with Crippen molar-refractivity contribution in [3.8, 4) is 50.2 Å². The molecule has 0 saturated carbocycles. The zero-order chi connectivity index (χ0) is 37.3. The van der Waals surface area contributed by atoms with Gasteiger partial charge in [-0.25, -0.2) is 0 Å². The molecule has 0 fully saturated rings. The van der Waals surface area contributed by atoms with Crippen LogP contribution in [0.5, 0.6) is 0 Å². The molecule has 2 nitrogen and oxygen atoms in total. The Morgan fingerprint density at radius 2 is 0.679 bits per heavy atom. The van der Waals surface area contributed by atoms with E-state index in [9.17, 15) is 0 Å². The first-order chi connectivity index (χ1) is 27.8. The first-order valence-corrected chi connectivity index (χ1v) is 19.2. The average molecular weight is 715 g/mol. The second kappa shape index (κ2) is 14.4. The number of nitrogens with zero attached hydrogens (tertiary/aromatic N) is 2. The zero-order valence-electron chi connectivity index (χ0n) is 30.8. The van der Waals surface area contributed by atoms with Crippen molar-refractivity contribution in [2.45, 2.75) is 0 Å². The Bertz CT molecular complexity index is 2840. The Kier molecular flexibility index (Phi) is 8.55. The number of anilines is 3. The van der Waals surface area contributed by atoms with Crippen molar-refractivity contribution in [3.63, 3.8) is 0 Å². The number of fused-ring (bicyclic) bond motifs is 3. The molecular weight excluding hydrogens is 677 g/mol. The molecule has 264 valence electrons. The van der Waals surface area contributed by atoms with Gasteiger partial charge in [-0.15, -0.1) is 0 Å². The van der Waals surface area contributed by atoms with E-state index in [2.05, 4.69) is 240 Å². The minimum absolute atomic E-state index is 1.10. The lowest BCUT2D eigenvalue weighted by Gasteiger charge is -2.26. The van der Waals surface area contributed by atoms with Crippen molar-refractivity contribution in [1.82, 2.24) is 4.57 Å². The molecule has 1 heterocycles. The van der Waals surface area contributed by atoms with Gasteiger partial charge in [-0.2, -0.15) is 0 Å². The van der Waals surface area contributed by atoms with E-state index >= 15 is 0 Å². The average Bonchev–Trinajstić information content (AvgIpc) is 3.62. The summed E-state index contributed by atoms with van der Waals surface area (Å²) in [6, 6.07) is 83.0. The fourth-order valence-electron chi connectivity index (χ4n) is 8.02. The quantitative estimate of drug-likeness (QED) is 0.152. The number of hydrogen-bond acceptors (Lipinski definition) is 1. The maximum atomic E-state index is 2.40. The van der Waals surface area contributed by atoms with Crippen molar-refractivity contribution in [2.24, 2.45) is 0 Å². The highest BCUT2D eigenvalue weighted by molar-refractivity contribution is 6.10. The van der Waals surface area contributed by atoms with E-state index < -0.39 is 0 Å². The summed E-state index contributed by atoms with van der Waals surface area (Å²) in [6.45, 7) is 0. The largest absolute Gasteiger partial charge is 0.310 e. The van der Waals surface area contributed by atoms with Crippen molar-refractivity contribution >= 4 is 38.9 Å². The van der Waals surface area contributed by atoms with Gasteiger partial charge in [0.2, 0.25) is 0 Å². The van der Waals surface area contributed by atoms with Crippen LogP contribution in [0.3, 0.4) is 0 Å². The topological polar surface area (TPSA) is 8.17 Å². The first kappa shape index (κ1) is 33.2. The van der Waals surface area contributed by atoms with Gasteiger partial charge in [0.05, 0.1) is 11.0 Å². The molecule has 9 aromatic carbocycles. The van der Waals surface area contributed by atoms with Crippen molar-refractivity contribution in [2.75, 3.05) is 4.90 Å². The summed E-state index contributed by atoms with van der Waals surface area (Å²) in [5, 5.41) is 2.50. The number of rotatable bonds is 8. The van der Waals surface area contributed by atoms with Crippen LogP contribution in [0, 0.1) is 0 Å². The Hall–Kier alpha value is -7.42. The molecular formula is C54H38N2. The van der Waals surface area contributed by atoms with E-state index in [1.807, 2.05) is 0 Å². The summed E-state index contributed by atoms with van der Waals surface area (Å²) in [4.78, 5) is 2.36. The Balaban J connectivity index is 1.06. The molecule has 10 aromatic rings. The molecule has 1 aromatic heterocycles. The molecule has 0 aliphatic carbocycles. The van der Waals surface area contributed by atoms with Crippen LogP contribution in [0.2, 0.25) is 0 Å². The van der Waals surface area contributed by atoms with E-state index in [0.717, 1.165) is 33.9 Å². The van der Waals surface area contributed by atoms with Gasteiger partial charge in [-0.1, -0.05) is 164 Å². The number of para-hydroxylation sites is 1. The van der Waals surface area contributed by atoms with E-state index in [4.69, 9.17) is 0 Å². The van der Waals surface area contributed by atoms with Crippen LogP contribution in [-0.4, -0.2) is 4.57 Å². The lowest BCUT2D eigenvalue weighted by atomic mass is 10.0. The first-order valence-electron chi connectivity index (χ1n) is 19.2. The highest BCUT2D eigenvalue weighted by Gasteiger charge is 2.17. The normalized spacial score (nSPS) is 11.2. The fraction of sp³-hybridized carbons (Fsp3) is 0. The van der Waals surface area contributed by atoms with E-state index in [0.29, 0.717) is 0 Å². The van der Waals surface area contributed by atoms with Gasteiger partial charge >= 0.3 is 0 Å². The van der Waals surface area contributed by atoms with Crippen LogP contribution in [0.15, 0.2) is 231 Å². The van der Waals surface area contributed by atoms with E-state index in [-0.39, 0.29) is 0 Å². The third-order valence-corrected chi connectivity index (χ3v) is 10.8. The molecule has 0 saturated heterocycles. The monoisotopic (exact) mass is 714 g/mol. The molecule has 10 rings (SSSR count). The molecule has 0 radical (unpaired) electrons. The Morgan fingerprint density at radius 1 is 0.250 bits per heavy atom. The summed E-state index contributed by atoms with van der Waals surface area (Å²) >= 11 is 0. The van der Waals surface area contributed by atoms with Gasteiger partial charge in [0.1, 0.15) is 0 Å². The molecule has 0 spiro atoms. The van der Waals surface area contributed by atoms with Gasteiger partial charge in [0, 0.05) is 33.5 Å². The van der Waals surface area contributed by atoms with Crippen LogP contribution >= 0.6 is 0 Å². The minimum Gasteiger partial charge on any atom is -0.310 e. The van der Waals surface area contributed by atoms with Crippen LogP contribution < -0.4 is 4.90 Å². The molecule has 0 aliphatic rings. The van der Waals surface area contributed by atoms with Gasteiger partial charge in [-0.05, 0) is 111 Å². The zero-order valence-corrected chi connectivity index (χ0v) is 30.8. The van der Waals surface area contributed by atoms with Gasteiger partial charge in [0.25, 0.3) is 0 Å². The van der Waals surface area contributed by atoms with Crippen LogP contribution in [0.4, 0.5) is 17.1 Å². The maximum absolute atomic E-state index is 2.40. The summed E-state index contributed by atoms with van der Waals surface area (Å²) in [5.74, 6) is 0. The van der Waals surface area contributed by atoms with E-state index in [1.165, 1.54) is 55.2 Å². The Morgan fingerprint density at radius 3 is 1.29 bits per heavy atom. The molecule has 0 N–H and O–H groups in total. The van der Waals surface area contributed by atoms with Crippen molar-refractivity contribution < 1.29 is 0 Å². The lowest BCUT2D eigenvalue weighted by Crippen LogP contribution is -2.10. The lowest BCUT2D eigenvalue weighted by molar-refractivity contribution is 1.18. The van der Waals surface area contributed by atoms with Crippen LogP contribution in [0.25, 0.3) is 72.0 Å². The van der Waals surface area contributed by atoms with Crippen molar-refractivity contribution in [1.29, 1.82) is 0 Å². The highest BCUT2D eigenvalue weighted by Crippen LogP contribution is 2.40. The van der Waals surface area contributed by atoms with Gasteiger partial charge in [-0.3, -0.25) is 0 Å². The smallest absolute Gasteiger partial charge is 0.0541 e. The summed E-state index contributed by atoms with van der Waals surface area (Å²) in [5.41, 5.74) is 16.4. The van der Waals surface area contributed by atoms with Crippen LogP contribution in [-0.2, 0) is 0 Å². The summed E-state index contributed by atoms with van der Waals surface area (Å²) in [7, 11) is 0. The predicted molar refractivity (Wildman–Crippen MR) is 237 cm³/mol. The highest BCUT2D eigenvalue weighted by atomic mass is 15.1. The molecule has 0 unspecified atom stereocenters. The number of aromatic nitrogens is 1. The number of benzene rings is 9. The molecule has 0 amide bonds. The molecule has 0 aliphatic heterocycles. The summed E-state index contributed by atoms with van der Waals surface area (Å²) in [6.07, 6.45) is 0. The SMILES string of the molecule is c1ccc(-c2ccc(N(c3ccc(-c4ccccc4)cc3)c3cccc(-c4cccc(-n5c6ccccc6c6cc(-c7ccccc7)ccc65)c4)c3)cc2)cc1. The predicted octanol–water partition coefficient (Wildman–Crippen LogP) is 14.9. The molecule has 56 heavy (non-hydrogen) atoms. The minimum atomic E-state index is 1.10. The fourth-order valence-corrected chi connectivity index (χ4v) is 8.02. The van der Waals surface area contributed by atoms with Gasteiger partial charge < -0.3 is 9.47 Å². The Labute approximate surface area is 327 Å². The third-order valence-electron chi connectivity index (χ3n) is 10.8. The molecule has 0 atom stereocenters.